The lowest BCUT2D eigenvalue weighted by atomic mass is 10.2. The van der Waals surface area contributed by atoms with Crippen LogP contribution in [0.3, 0.4) is 0 Å². The summed E-state index contributed by atoms with van der Waals surface area (Å²) in [6, 6.07) is 14.2. The van der Waals surface area contributed by atoms with Gasteiger partial charge in [0.15, 0.2) is 5.17 Å². The first-order valence-corrected chi connectivity index (χ1v) is 11.3. The molecule has 152 valence electrons. The lowest BCUT2D eigenvalue weighted by Crippen LogP contribution is -2.23. The first-order chi connectivity index (χ1) is 14.3. The summed E-state index contributed by atoms with van der Waals surface area (Å²) in [5.41, 5.74) is 1.46. The van der Waals surface area contributed by atoms with Crippen LogP contribution < -0.4 is 0 Å². The molecule has 0 saturated carbocycles. The van der Waals surface area contributed by atoms with Crippen LogP contribution in [0.5, 0.6) is 0 Å². The summed E-state index contributed by atoms with van der Waals surface area (Å²) in [5, 5.41) is 2.03. The number of halogens is 4. The van der Waals surface area contributed by atoms with E-state index in [4.69, 9.17) is 39.2 Å². The molecule has 2 heterocycles. The number of thioether (sulfide) groups is 1. The average Bonchev–Trinajstić information content (AvgIpc) is 3.28. The Morgan fingerprint density at radius 3 is 2.57 bits per heavy atom. The maximum absolute atomic E-state index is 12.6. The lowest BCUT2D eigenvalue weighted by molar-refractivity contribution is -0.121. The topological polar surface area (TPSA) is 45.8 Å². The summed E-state index contributed by atoms with van der Waals surface area (Å²) in [6.45, 7) is 0. The third-order valence-electron chi connectivity index (χ3n) is 4.24. The van der Waals surface area contributed by atoms with Crippen molar-refractivity contribution in [3.8, 4) is 11.3 Å². The Balaban J connectivity index is 1.59. The molecule has 0 unspecified atom stereocenters. The minimum Gasteiger partial charge on any atom is -0.457 e. The molecule has 4 nitrogen and oxygen atoms in total. The second-order valence-corrected chi connectivity index (χ2v) is 9.38. The average molecular weight is 543 g/mol. The van der Waals surface area contributed by atoms with Crippen LogP contribution in [0.15, 0.2) is 67.3 Å². The van der Waals surface area contributed by atoms with Crippen LogP contribution in [-0.4, -0.2) is 23.0 Å². The minimum absolute atomic E-state index is 0.158. The van der Waals surface area contributed by atoms with Gasteiger partial charge in [-0.1, -0.05) is 34.8 Å². The highest BCUT2D eigenvalue weighted by Crippen LogP contribution is 2.36. The summed E-state index contributed by atoms with van der Waals surface area (Å²) in [6.07, 6.45) is 1.70. The van der Waals surface area contributed by atoms with Crippen molar-refractivity contribution in [3.63, 3.8) is 0 Å². The summed E-state index contributed by atoms with van der Waals surface area (Å²) < 4.78 is 6.65. The molecule has 1 amide bonds. The van der Waals surface area contributed by atoms with Crippen molar-refractivity contribution in [3.05, 3.63) is 78.7 Å². The fourth-order valence-corrected chi connectivity index (χ4v) is 4.37. The summed E-state index contributed by atoms with van der Waals surface area (Å²) in [5.74, 6) is 1.02. The number of rotatable bonds is 3. The normalized spacial score (nSPS) is 16.8. The molecule has 0 aliphatic carbocycles. The first-order valence-electron chi connectivity index (χ1n) is 8.58. The highest BCUT2D eigenvalue weighted by Gasteiger charge is 2.30. The Kier molecular flexibility index (Phi) is 6.32. The van der Waals surface area contributed by atoms with E-state index in [9.17, 15) is 4.79 Å². The van der Waals surface area contributed by atoms with Gasteiger partial charge in [-0.25, -0.2) is 4.99 Å². The van der Waals surface area contributed by atoms with Gasteiger partial charge >= 0.3 is 0 Å². The third-order valence-corrected chi connectivity index (χ3v) is 7.27. The van der Waals surface area contributed by atoms with Gasteiger partial charge in [-0.05, 0) is 76.2 Å². The third kappa shape index (κ3) is 4.48. The zero-order valence-corrected chi connectivity index (χ0v) is 20.0. The molecule has 1 aliphatic rings. The molecule has 9 heteroatoms. The molecule has 1 saturated heterocycles. The molecule has 30 heavy (non-hydrogen) atoms. The largest absolute Gasteiger partial charge is 0.457 e. The van der Waals surface area contributed by atoms with Gasteiger partial charge in [-0.3, -0.25) is 9.69 Å². The predicted octanol–water partition coefficient (Wildman–Crippen LogP) is 7.90. The molecule has 0 atom stereocenters. The van der Waals surface area contributed by atoms with Crippen molar-refractivity contribution in [1.82, 2.24) is 4.90 Å². The summed E-state index contributed by atoms with van der Waals surface area (Å²) in [7, 11) is 1.68. The molecule has 0 bridgehead atoms. The van der Waals surface area contributed by atoms with Gasteiger partial charge in [0.2, 0.25) is 0 Å². The highest BCUT2D eigenvalue weighted by molar-refractivity contribution is 9.10. The molecular formula is C21H12BrCl3N2O2S. The summed E-state index contributed by atoms with van der Waals surface area (Å²) in [4.78, 5) is 19.2. The van der Waals surface area contributed by atoms with Gasteiger partial charge in [-0.2, -0.15) is 0 Å². The maximum Gasteiger partial charge on any atom is 0.266 e. The summed E-state index contributed by atoms with van der Waals surface area (Å²) >= 11 is 22.8. The number of nitrogens with zero attached hydrogens (tertiary/aromatic N) is 2. The second kappa shape index (κ2) is 8.81. The second-order valence-electron chi connectivity index (χ2n) is 6.30. The van der Waals surface area contributed by atoms with E-state index < -0.39 is 0 Å². The van der Waals surface area contributed by atoms with Crippen LogP contribution in [0.4, 0.5) is 5.69 Å². The van der Waals surface area contributed by atoms with E-state index in [1.165, 1.54) is 16.7 Å². The molecule has 1 aliphatic heterocycles. The van der Waals surface area contributed by atoms with Gasteiger partial charge in [0, 0.05) is 23.2 Å². The van der Waals surface area contributed by atoms with Crippen LogP contribution in [-0.2, 0) is 4.79 Å². The van der Waals surface area contributed by atoms with Crippen LogP contribution in [0, 0.1) is 0 Å². The first kappa shape index (κ1) is 21.5. The Labute approximate surface area is 200 Å². The number of furan rings is 1. The van der Waals surface area contributed by atoms with Gasteiger partial charge in [-0.15, -0.1) is 0 Å². The fourth-order valence-electron chi connectivity index (χ4n) is 2.68. The molecule has 1 aromatic heterocycles. The quantitative estimate of drug-likeness (QED) is 0.316. The molecule has 1 fully saturated rings. The zero-order valence-electron chi connectivity index (χ0n) is 15.3. The number of carbonyl (C=O) groups is 1. The monoisotopic (exact) mass is 540 g/mol. The van der Waals surface area contributed by atoms with E-state index in [0.717, 1.165) is 10.0 Å². The van der Waals surface area contributed by atoms with Crippen LogP contribution in [0.1, 0.15) is 5.76 Å². The van der Waals surface area contributed by atoms with Crippen molar-refractivity contribution < 1.29 is 9.21 Å². The Morgan fingerprint density at radius 1 is 1.03 bits per heavy atom. The van der Waals surface area contributed by atoms with E-state index in [0.29, 0.717) is 42.3 Å². The van der Waals surface area contributed by atoms with Crippen molar-refractivity contribution in [2.45, 2.75) is 0 Å². The lowest BCUT2D eigenvalue weighted by Gasteiger charge is -2.07. The fraction of sp³-hybridized carbons (Fsp3) is 0.0476. The number of hydrogen-bond donors (Lipinski definition) is 0. The van der Waals surface area contributed by atoms with Gasteiger partial charge < -0.3 is 4.42 Å². The predicted molar refractivity (Wildman–Crippen MR) is 129 cm³/mol. The van der Waals surface area contributed by atoms with E-state index >= 15 is 0 Å². The van der Waals surface area contributed by atoms with Crippen LogP contribution in [0.2, 0.25) is 15.1 Å². The number of amides is 1. The van der Waals surface area contributed by atoms with Crippen molar-refractivity contribution in [2.75, 3.05) is 7.05 Å². The maximum atomic E-state index is 12.6. The van der Waals surface area contributed by atoms with E-state index in [1.54, 1.807) is 37.4 Å². The minimum atomic E-state index is -0.158. The van der Waals surface area contributed by atoms with Crippen LogP contribution >= 0.6 is 62.5 Å². The standard InChI is InChI=1S/C21H12BrCl3N2O2S/c1-27-20(28)19(30-21(27)26-12-3-5-14(22)16(24)9-12)10-13-4-7-18(29-13)11-2-6-15(23)17(25)8-11/h2-10H,1H3/b19-10+,26-21?. The van der Waals surface area contributed by atoms with E-state index in [2.05, 4.69) is 20.9 Å². The smallest absolute Gasteiger partial charge is 0.266 e. The number of likely N-dealkylation sites (N-methyl/N-ethyl adjacent to an activating group) is 1. The van der Waals surface area contributed by atoms with Crippen LogP contribution in [0.25, 0.3) is 17.4 Å². The molecule has 0 N–H and O–H groups in total. The highest BCUT2D eigenvalue weighted by atomic mass is 79.9. The van der Waals surface area contributed by atoms with Crippen molar-refractivity contribution in [1.29, 1.82) is 0 Å². The number of aliphatic imine (C=N–C) groups is 1. The molecule has 0 radical (unpaired) electrons. The molecule has 2 aromatic carbocycles. The Morgan fingerprint density at radius 2 is 1.83 bits per heavy atom. The number of benzene rings is 2. The van der Waals surface area contributed by atoms with Gasteiger partial charge in [0.05, 0.1) is 25.7 Å². The number of carbonyl (C=O) groups excluding carboxylic acids is 1. The molecule has 0 spiro atoms. The van der Waals surface area contributed by atoms with E-state index in [1.807, 2.05) is 24.3 Å². The number of hydrogen-bond acceptors (Lipinski definition) is 4. The van der Waals surface area contributed by atoms with Crippen molar-refractivity contribution in [2.24, 2.45) is 4.99 Å². The SMILES string of the molecule is CN1C(=O)/C(=C\c2ccc(-c3ccc(Cl)c(Cl)c3)o2)SC1=Nc1ccc(Br)c(Cl)c1. The van der Waals surface area contributed by atoms with Gasteiger partial charge in [0.1, 0.15) is 11.5 Å². The molecular weight excluding hydrogens is 531 g/mol. The van der Waals surface area contributed by atoms with E-state index in [-0.39, 0.29) is 5.91 Å². The molecule has 4 rings (SSSR count). The molecule has 3 aromatic rings. The Bertz CT molecular complexity index is 1220. The van der Waals surface area contributed by atoms with Gasteiger partial charge in [0.25, 0.3) is 5.91 Å². The zero-order chi connectivity index (χ0) is 21.4. The Hall–Kier alpha value is -1.70. The number of amidine groups is 1. The van der Waals surface area contributed by atoms with Crippen molar-refractivity contribution >= 4 is 85.3 Å².